The molecule has 19 heavy (non-hydrogen) atoms. The Balaban J connectivity index is 1.88. The van der Waals surface area contributed by atoms with Crippen molar-refractivity contribution in [2.24, 2.45) is 0 Å². The Morgan fingerprint density at radius 3 is 2.68 bits per heavy atom. The fraction of sp³-hybridized carbons (Fsp3) is 0.250. The van der Waals surface area contributed by atoms with Crippen LogP contribution in [0.5, 0.6) is 0 Å². The van der Waals surface area contributed by atoms with Crippen LogP contribution < -0.4 is 5.32 Å². The van der Waals surface area contributed by atoms with Crippen LogP contribution in [0.1, 0.15) is 18.1 Å². The molecule has 100 valence electrons. The minimum atomic E-state index is -0.126. The topological polar surface area (TPSA) is 12.0 Å². The van der Waals surface area contributed by atoms with Crippen molar-refractivity contribution < 1.29 is 4.39 Å². The summed E-state index contributed by atoms with van der Waals surface area (Å²) in [6.07, 6.45) is 0.695. The average molecular weight is 322 g/mol. The van der Waals surface area contributed by atoms with Gasteiger partial charge in [-0.1, -0.05) is 46.3 Å². The number of nitrogens with one attached hydrogen (secondary N) is 1. The maximum Gasteiger partial charge on any atom is 0.126 e. The van der Waals surface area contributed by atoms with Crippen molar-refractivity contribution in [2.75, 3.05) is 0 Å². The van der Waals surface area contributed by atoms with Gasteiger partial charge < -0.3 is 5.32 Å². The van der Waals surface area contributed by atoms with Crippen molar-refractivity contribution in [3.05, 3.63) is 69.9 Å². The maximum absolute atomic E-state index is 13.5. The Kier molecular flexibility index (Phi) is 5.11. The maximum atomic E-state index is 13.5. The molecule has 0 saturated carbocycles. The summed E-state index contributed by atoms with van der Waals surface area (Å²) in [5.74, 6) is -0.126. The molecule has 0 heterocycles. The first kappa shape index (κ1) is 14.2. The smallest absolute Gasteiger partial charge is 0.126 e. The molecule has 0 amide bonds. The van der Waals surface area contributed by atoms with Gasteiger partial charge in [-0.15, -0.1) is 0 Å². The van der Waals surface area contributed by atoms with E-state index in [9.17, 15) is 4.39 Å². The Bertz CT molecular complexity index is 542. The molecule has 0 fully saturated rings. The van der Waals surface area contributed by atoms with Gasteiger partial charge >= 0.3 is 0 Å². The number of hydrogen-bond acceptors (Lipinski definition) is 1. The second kappa shape index (κ2) is 6.83. The third kappa shape index (κ3) is 4.44. The van der Waals surface area contributed by atoms with Crippen molar-refractivity contribution in [1.29, 1.82) is 0 Å². The van der Waals surface area contributed by atoms with Crippen LogP contribution in [0, 0.1) is 5.82 Å². The molecular weight excluding hydrogens is 305 g/mol. The highest BCUT2D eigenvalue weighted by Gasteiger charge is 2.07. The molecular formula is C16H17BrFN. The molecule has 2 aromatic rings. The summed E-state index contributed by atoms with van der Waals surface area (Å²) in [5.41, 5.74) is 1.98. The molecule has 1 unspecified atom stereocenters. The van der Waals surface area contributed by atoms with Crippen molar-refractivity contribution in [3.63, 3.8) is 0 Å². The number of halogens is 2. The van der Waals surface area contributed by atoms with Gasteiger partial charge in [0.05, 0.1) is 0 Å². The van der Waals surface area contributed by atoms with Crippen LogP contribution in [0.15, 0.2) is 53.0 Å². The Morgan fingerprint density at radius 2 is 1.95 bits per heavy atom. The summed E-state index contributed by atoms with van der Waals surface area (Å²) < 4.78 is 14.6. The molecule has 1 atom stereocenters. The number of hydrogen-bond donors (Lipinski definition) is 1. The molecule has 0 spiro atoms. The van der Waals surface area contributed by atoms with Gasteiger partial charge in [0.2, 0.25) is 0 Å². The fourth-order valence-corrected chi connectivity index (χ4v) is 2.45. The lowest BCUT2D eigenvalue weighted by atomic mass is 10.1. The summed E-state index contributed by atoms with van der Waals surface area (Å²) in [4.78, 5) is 0. The van der Waals surface area contributed by atoms with Crippen LogP contribution in [-0.4, -0.2) is 6.04 Å². The predicted octanol–water partition coefficient (Wildman–Crippen LogP) is 4.31. The van der Waals surface area contributed by atoms with Crippen LogP contribution in [0.4, 0.5) is 4.39 Å². The standard InChI is InChI=1S/C16H17BrFN/c1-12(9-14-6-2-3-8-16(14)18)19-11-13-5-4-7-15(17)10-13/h2-8,10,12,19H,9,11H2,1H3. The van der Waals surface area contributed by atoms with Crippen molar-refractivity contribution in [1.82, 2.24) is 5.32 Å². The minimum absolute atomic E-state index is 0.126. The lowest BCUT2D eigenvalue weighted by Crippen LogP contribution is -2.27. The summed E-state index contributed by atoms with van der Waals surface area (Å²) in [6, 6.07) is 15.4. The van der Waals surface area contributed by atoms with Crippen LogP contribution in [0.25, 0.3) is 0 Å². The quantitative estimate of drug-likeness (QED) is 0.865. The van der Waals surface area contributed by atoms with E-state index in [0.717, 1.165) is 16.6 Å². The lowest BCUT2D eigenvalue weighted by Gasteiger charge is -2.14. The van der Waals surface area contributed by atoms with Crippen LogP contribution >= 0.6 is 15.9 Å². The third-order valence-electron chi connectivity index (χ3n) is 3.03. The third-order valence-corrected chi connectivity index (χ3v) is 3.52. The van der Waals surface area contributed by atoms with Crippen molar-refractivity contribution >= 4 is 15.9 Å². The average Bonchev–Trinajstić information content (AvgIpc) is 2.39. The van der Waals surface area contributed by atoms with Gasteiger partial charge in [-0.05, 0) is 42.7 Å². The first-order chi connectivity index (χ1) is 9.15. The molecule has 0 aliphatic rings. The molecule has 0 aromatic heterocycles. The van der Waals surface area contributed by atoms with Crippen LogP contribution in [0.2, 0.25) is 0 Å². The molecule has 0 bridgehead atoms. The van der Waals surface area contributed by atoms with E-state index in [2.05, 4.69) is 40.3 Å². The van der Waals surface area contributed by atoms with Gasteiger partial charge in [0.25, 0.3) is 0 Å². The largest absolute Gasteiger partial charge is 0.310 e. The fourth-order valence-electron chi connectivity index (χ4n) is 2.00. The summed E-state index contributed by atoms with van der Waals surface area (Å²) in [5, 5.41) is 3.41. The van der Waals surface area contributed by atoms with E-state index in [1.165, 1.54) is 11.6 Å². The summed E-state index contributed by atoms with van der Waals surface area (Å²) in [7, 11) is 0. The zero-order chi connectivity index (χ0) is 13.7. The Hall–Kier alpha value is -1.19. The number of rotatable bonds is 5. The molecule has 0 saturated heterocycles. The highest BCUT2D eigenvalue weighted by atomic mass is 79.9. The molecule has 0 aliphatic carbocycles. The van der Waals surface area contributed by atoms with Crippen LogP contribution in [0.3, 0.4) is 0 Å². The Morgan fingerprint density at radius 1 is 1.16 bits per heavy atom. The van der Waals surface area contributed by atoms with E-state index in [1.807, 2.05) is 24.3 Å². The normalized spacial score (nSPS) is 12.4. The second-order valence-electron chi connectivity index (χ2n) is 4.71. The van der Waals surface area contributed by atoms with E-state index in [0.29, 0.717) is 6.42 Å². The molecule has 2 rings (SSSR count). The number of benzene rings is 2. The highest BCUT2D eigenvalue weighted by Crippen LogP contribution is 2.12. The molecule has 1 nitrogen and oxygen atoms in total. The van der Waals surface area contributed by atoms with Crippen LogP contribution in [-0.2, 0) is 13.0 Å². The monoisotopic (exact) mass is 321 g/mol. The van der Waals surface area contributed by atoms with Gasteiger partial charge in [-0.3, -0.25) is 0 Å². The molecule has 1 N–H and O–H groups in total. The molecule has 2 aromatic carbocycles. The molecule has 0 radical (unpaired) electrons. The predicted molar refractivity (Wildman–Crippen MR) is 80.5 cm³/mol. The van der Waals surface area contributed by atoms with Crippen molar-refractivity contribution in [2.45, 2.75) is 25.9 Å². The highest BCUT2D eigenvalue weighted by molar-refractivity contribution is 9.10. The van der Waals surface area contributed by atoms with Gasteiger partial charge in [0.15, 0.2) is 0 Å². The van der Waals surface area contributed by atoms with E-state index < -0.39 is 0 Å². The Labute approximate surface area is 122 Å². The van der Waals surface area contributed by atoms with E-state index >= 15 is 0 Å². The zero-order valence-electron chi connectivity index (χ0n) is 10.9. The molecule has 0 aliphatic heterocycles. The summed E-state index contributed by atoms with van der Waals surface area (Å²) >= 11 is 3.46. The van der Waals surface area contributed by atoms with Gasteiger partial charge in [-0.2, -0.15) is 0 Å². The lowest BCUT2D eigenvalue weighted by molar-refractivity contribution is 0.526. The second-order valence-corrected chi connectivity index (χ2v) is 5.62. The zero-order valence-corrected chi connectivity index (χ0v) is 12.5. The minimum Gasteiger partial charge on any atom is -0.310 e. The first-order valence-electron chi connectivity index (χ1n) is 6.36. The first-order valence-corrected chi connectivity index (χ1v) is 7.15. The molecule has 3 heteroatoms. The van der Waals surface area contributed by atoms with Gasteiger partial charge in [0.1, 0.15) is 5.82 Å². The van der Waals surface area contributed by atoms with E-state index in [-0.39, 0.29) is 11.9 Å². The van der Waals surface area contributed by atoms with E-state index in [4.69, 9.17) is 0 Å². The van der Waals surface area contributed by atoms with Gasteiger partial charge in [-0.25, -0.2) is 4.39 Å². The van der Waals surface area contributed by atoms with Gasteiger partial charge in [0, 0.05) is 17.1 Å². The summed E-state index contributed by atoms with van der Waals surface area (Å²) in [6.45, 7) is 2.86. The van der Waals surface area contributed by atoms with E-state index in [1.54, 1.807) is 6.07 Å². The van der Waals surface area contributed by atoms with Crippen molar-refractivity contribution in [3.8, 4) is 0 Å². The SMILES string of the molecule is CC(Cc1ccccc1F)NCc1cccc(Br)c1.